The Kier molecular flexibility index (Phi) is 7.98. The zero-order valence-corrected chi connectivity index (χ0v) is 21.6. The molecule has 4 rings (SSSR count). The average molecular weight is 544 g/mol. The van der Waals surface area contributed by atoms with Crippen molar-refractivity contribution in [2.75, 3.05) is 25.0 Å². The Bertz CT molecular complexity index is 1360. The molecular formula is C25H25N3O7S2. The molecule has 194 valence electrons. The lowest BCUT2D eigenvalue weighted by Gasteiger charge is -2.27. The number of nitrogens with one attached hydrogen (secondary N) is 1. The number of rotatable bonds is 7. The summed E-state index contributed by atoms with van der Waals surface area (Å²) in [7, 11) is -4.17. The highest BCUT2D eigenvalue weighted by Gasteiger charge is 2.37. The molecule has 2 aliphatic rings. The lowest BCUT2D eigenvalue weighted by molar-refractivity contribution is -0.136. The summed E-state index contributed by atoms with van der Waals surface area (Å²) in [5.41, 5.74) is 0.890. The van der Waals surface area contributed by atoms with E-state index in [1.807, 2.05) is 0 Å². The molecule has 0 aromatic heterocycles. The predicted molar refractivity (Wildman–Crippen MR) is 138 cm³/mol. The minimum absolute atomic E-state index is 0.0131. The van der Waals surface area contributed by atoms with Gasteiger partial charge in [0.1, 0.15) is 17.2 Å². The molecule has 0 saturated carbocycles. The molecular weight excluding hydrogens is 518 g/mol. The minimum atomic E-state index is -4.17. The molecule has 0 spiro atoms. The van der Waals surface area contributed by atoms with Gasteiger partial charge >= 0.3 is 10.1 Å². The van der Waals surface area contributed by atoms with Gasteiger partial charge in [-0.1, -0.05) is 12.1 Å². The van der Waals surface area contributed by atoms with Gasteiger partial charge in [0.2, 0.25) is 11.8 Å². The van der Waals surface area contributed by atoms with Crippen molar-refractivity contribution in [1.82, 2.24) is 9.80 Å². The second kappa shape index (κ2) is 11.2. The van der Waals surface area contributed by atoms with Gasteiger partial charge in [-0.05, 0) is 79.1 Å². The van der Waals surface area contributed by atoms with Crippen molar-refractivity contribution in [3.05, 3.63) is 59.0 Å². The van der Waals surface area contributed by atoms with Crippen LogP contribution in [0.5, 0.6) is 5.75 Å². The van der Waals surface area contributed by atoms with Crippen molar-refractivity contribution in [2.45, 2.75) is 31.1 Å². The van der Waals surface area contributed by atoms with Crippen LogP contribution in [-0.4, -0.2) is 60.8 Å². The zero-order chi connectivity index (χ0) is 26.6. The molecule has 12 heteroatoms. The Labute approximate surface area is 218 Å². The number of carbonyl (C=O) groups excluding carboxylic acids is 4. The third-order valence-electron chi connectivity index (χ3n) is 5.70. The Morgan fingerprint density at radius 3 is 2.43 bits per heavy atom. The number of hydrogen-bond acceptors (Lipinski definition) is 8. The third-order valence-corrected chi connectivity index (χ3v) is 7.87. The van der Waals surface area contributed by atoms with Crippen LogP contribution in [-0.2, 0) is 24.5 Å². The number of likely N-dealkylation sites (tertiary alicyclic amines) is 1. The number of nitrogens with zero attached hydrogens (tertiary/aromatic N) is 2. The normalized spacial score (nSPS) is 17.3. The summed E-state index contributed by atoms with van der Waals surface area (Å²) in [5.74, 6) is -1.10. The van der Waals surface area contributed by atoms with E-state index in [1.165, 1.54) is 49.4 Å². The highest BCUT2D eigenvalue weighted by Crippen LogP contribution is 2.33. The fraction of sp³-hybridized carbons (Fsp3) is 0.280. The van der Waals surface area contributed by atoms with Crippen LogP contribution in [0.2, 0.25) is 0 Å². The first-order valence-corrected chi connectivity index (χ1v) is 13.8. The van der Waals surface area contributed by atoms with Crippen molar-refractivity contribution in [1.29, 1.82) is 0 Å². The van der Waals surface area contributed by atoms with E-state index in [0.29, 0.717) is 24.3 Å². The average Bonchev–Trinajstić information content (AvgIpc) is 3.11. The smallest absolute Gasteiger partial charge is 0.339 e. The summed E-state index contributed by atoms with van der Waals surface area (Å²) in [5, 5.41) is 2.02. The van der Waals surface area contributed by atoms with Gasteiger partial charge in [0.15, 0.2) is 0 Å². The minimum Gasteiger partial charge on any atom is -0.379 e. The molecule has 2 aromatic carbocycles. The van der Waals surface area contributed by atoms with E-state index in [4.69, 9.17) is 4.18 Å². The Balaban J connectivity index is 1.45. The third kappa shape index (κ3) is 6.57. The summed E-state index contributed by atoms with van der Waals surface area (Å²) in [6.45, 7) is 2.29. The van der Waals surface area contributed by atoms with Gasteiger partial charge in [-0.15, -0.1) is 0 Å². The second-order valence-electron chi connectivity index (χ2n) is 8.52. The van der Waals surface area contributed by atoms with E-state index in [-0.39, 0.29) is 33.9 Å². The first-order valence-electron chi connectivity index (χ1n) is 11.6. The molecule has 2 saturated heterocycles. The molecule has 37 heavy (non-hydrogen) atoms. The molecule has 0 bridgehead atoms. The highest BCUT2D eigenvalue weighted by molar-refractivity contribution is 8.18. The van der Waals surface area contributed by atoms with E-state index in [9.17, 15) is 27.6 Å². The van der Waals surface area contributed by atoms with Gasteiger partial charge in [0.25, 0.3) is 11.1 Å². The number of imide groups is 1. The lowest BCUT2D eigenvalue weighted by atomic mass is 10.1. The number of anilines is 1. The van der Waals surface area contributed by atoms with Gasteiger partial charge < -0.3 is 14.4 Å². The van der Waals surface area contributed by atoms with E-state index in [2.05, 4.69) is 5.32 Å². The molecule has 2 heterocycles. The predicted octanol–water partition coefficient (Wildman–Crippen LogP) is 3.46. The molecule has 0 atom stereocenters. The summed E-state index contributed by atoms with van der Waals surface area (Å²) in [4.78, 5) is 51.6. The summed E-state index contributed by atoms with van der Waals surface area (Å²) < 4.78 is 30.6. The fourth-order valence-corrected chi connectivity index (χ4v) is 5.67. The van der Waals surface area contributed by atoms with Crippen molar-refractivity contribution >= 4 is 56.6 Å². The second-order valence-corrected chi connectivity index (χ2v) is 11.1. The molecule has 1 N–H and O–H groups in total. The zero-order valence-electron chi connectivity index (χ0n) is 20.0. The lowest BCUT2D eigenvalue weighted by Crippen LogP contribution is -2.44. The van der Waals surface area contributed by atoms with Crippen molar-refractivity contribution in [3.63, 3.8) is 0 Å². The van der Waals surface area contributed by atoms with Crippen LogP contribution in [0.15, 0.2) is 58.3 Å². The van der Waals surface area contributed by atoms with Crippen LogP contribution in [0.3, 0.4) is 0 Å². The van der Waals surface area contributed by atoms with Crippen LogP contribution >= 0.6 is 11.8 Å². The van der Waals surface area contributed by atoms with E-state index in [0.717, 1.165) is 35.9 Å². The number of carbonyl (C=O) groups is 4. The Morgan fingerprint density at radius 2 is 1.76 bits per heavy atom. The van der Waals surface area contributed by atoms with Crippen LogP contribution in [0.25, 0.3) is 6.08 Å². The van der Waals surface area contributed by atoms with Crippen LogP contribution in [0.1, 0.15) is 31.7 Å². The maximum atomic E-state index is 12.8. The molecule has 2 aromatic rings. The quantitative estimate of drug-likeness (QED) is 0.415. The van der Waals surface area contributed by atoms with Gasteiger partial charge in [0.05, 0.1) is 4.91 Å². The fourth-order valence-electron chi connectivity index (χ4n) is 3.91. The van der Waals surface area contributed by atoms with Crippen molar-refractivity contribution < 1.29 is 31.8 Å². The molecule has 2 aliphatic heterocycles. The van der Waals surface area contributed by atoms with Gasteiger partial charge in [-0.2, -0.15) is 8.42 Å². The molecule has 4 amide bonds. The molecule has 0 unspecified atom stereocenters. The van der Waals surface area contributed by atoms with Crippen LogP contribution < -0.4 is 9.50 Å². The first kappa shape index (κ1) is 26.4. The van der Waals surface area contributed by atoms with Gasteiger partial charge in [-0.3, -0.25) is 24.1 Å². The highest BCUT2D eigenvalue weighted by atomic mass is 32.2. The number of amides is 4. The molecule has 10 nitrogen and oxygen atoms in total. The van der Waals surface area contributed by atoms with Gasteiger partial charge in [-0.25, -0.2) is 0 Å². The maximum absolute atomic E-state index is 12.8. The summed E-state index contributed by atoms with van der Waals surface area (Å²) >= 11 is 0.725. The van der Waals surface area contributed by atoms with Crippen molar-refractivity contribution in [3.8, 4) is 5.75 Å². The Hall–Kier alpha value is -3.64. The number of benzene rings is 2. The first-order chi connectivity index (χ1) is 17.6. The monoisotopic (exact) mass is 543 g/mol. The molecule has 0 radical (unpaired) electrons. The SMILES string of the molecule is CC(=O)Nc1ccc(S(=O)(=O)Oc2cccc(/C=C3\SC(=O)N(CC(=O)N4CCCCC4)C3=O)c2)cc1. The topological polar surface area (TPSA) is 130 Å². The molecule has 0 aliphatic carbocycles. The van der Waals surface area contributed by atoms with Crippen LogP contribution in [0, 0.1) is 0 Å². The standard InChI is InChI=1S/C25H25N3O7S2/c1-17(29)26-19-8-10-21(11-9-19)37(33,34)35-20-7-5-6-18(14-20)15-22-24(31)28(25(32)36-22)16-23(30)27-12-3-2-4-13-27/h5-11,14-15H,2-4,12-13,16H2,1H3,(H,26,29)/b22-15-. The van der Waals surface area contributed by atoms with Crippen molar-refractivity contribution in [2.24, 2.45) is 0 Å². The van der Waals surface area contributed by atoms with E-state index >= 15 is 0 Å². The number of hydrogen-bond donors (Lipinski definition) is 1. The summed E-state index contributed by atoms with van der Waals surface area (Å²) in [6, 6.07) is 11.6. The largest absolute Gasteiger partial charge is 0.379 e. The number of piperidine rings is 1. The van der Waals surface area contributed by atoms with E-state index in [1.54, 1.807) is 17.0 Å². The van der Waals surface area contributed by atoms with E-state index < -0.39 is 21.3 Å². The molecule has 2 fully saturated rings. The van der Waals surface area contributed by atoms with Gasteiger partial charge in [0, 0.05) is 25.7 Å². The maximum Gasteiger partial charge on any atom is 0.339 e. The summed E-state index contributed by atoms with van der Waals surface area (Å²) in [6.07, 6.45) is 4.33. The van der Waals surface area contributed by atoms with Crippen LogP contribution in [0.4, 0.5) is 10.5 Å². The Morgan fingerprint density at radius 1 is 1.05 bits per heavy atom. The number of thioether (sulfide) groups is 1.